The van der Waals surface area contributed by atoms with Crippen LogP contribution in [0.15, 0.2) is 29.2 Å². The highest BCUT2D eigenvalue weighted by Crippen LogP contribution is 2.05. The number of carbonyl (C=O) groups excluding carboxylic acids is 2. The van der Waals surface area contributed by atoms with Gasteiger partial charge in [-0.3, -0.25) is 4.79 Å². The minimum absolute atomic E-state index is 0.0652. The van der Waals surface area contributed by atoms with E-state index in [1.807, 2.05) is 0 Å². The maximum atomic E-state index is 11.6. The Bertz CT molecular complexity index is 407. The second-order valence-corrected chi connectivity index (χ2v) is 4.28. The number of amides is 2. The van der Waals surface area contributed by atoms with Crippen molar-refractivity contribution < 1.29 is 14.3 Å². The summed E-state index contributed by atoms with van der Waals surface area (Å²) in [6.07, 6.45) is 6.70. The van der Waals surface area contributed by atoms with Crippen LogP contribution in [0.3, 0.4) is 0 Å². The normalized spacial score (nSPS) is 12.9. The van der Waals surface area contributed by atoms with Gasteiger partial charge in [0.1, 0.15) is 5.70 Å². The molecule has 0 aromatic rings. The maximum absolute atomic E-state index is 11.6. The zero-order valence-electron chi connectivity index (χ0n) is 12.2. The van der Waals surface area contributed by atoms with E-state index in [4.69, 9.17) is 21.7 Å². The molecular formula is C13H23N5O3. The summed E-state index contributed by atoms with van der Waals surface area (Å²) in [5.41, 5.74) is 17.3. The van der Waals surface area contributed by atoms with Crippen LogP contribution in [0.4, 0.5) is 4.79 Å². The Morgan fingerprint density at radius 2 is 2.10 bits per heavy atom. The Labute approximate surface area is 124 Å². The van der Waals surface area contributed by atoms with Crippen LogP contribution >= 0.6 is 0 Å². The Hall–Kier alpha value is -2.38. The number of primary amides is 1. The van der Waals surface area contributed by atoms with Gasteiger partial charge < -0.3 is 21.5 Å². The van der Waals surface area contributed by atoms with Crippen LogP contribution < -0.4 is 16.8 Å². The number of carbonyl (C=O) groups is 2. The third-order valence-electron chi connectivity index (χ3n) is 2.58. The summed E-state index contributed by atoms with van der Waals surface area (Å²) in [6.45, 7) is 2.39. The summed E-state index contributed by atoms with van der Waals surface area (Å²) in [7, 11) is 0. The first-order valence-corrected chi connectivity index (χ1v) is 6.75. The second kappa shape index (κ2) is 11.4. The molecule has 0 heterocycles. The molecule has 0 aliphatic carbocycles. The maximum Gasteiger partial charge on any atom is 0.407 e. The molecule has 0 aromatic carbocycles. The summed E-state index contributed by atoms with van der Waals surface area (Å²) < 4.78 is 4.99. The van der Waals surface area contributed by atoms with Crippen LogP contribution in [-0.4, -0.2) is 24.6 Å². The molecule has 0 rings (SSSR count). The Kier molecular flexibility index (Phi) is 10.1. The lowest BCUT2D eigenvalue weighted by Gasteiger charge is -2.14. The van der Waals surface area contributed by atoms with E-state index < -0.39 is 18.0 Å². The van der Waals surface area contributed by atoms with Crippen molar-refractivity contribution in [3.05, 3.63) is 24.0 Å². The summed E-state index contributed by atoms with van der Waals surface area (Å²) >= 11 is 0. The average molecular weight is 297 g/mol. The molecule has 0 aromatic heterocycles. The molecule has 0 saturated heterocycles. The molecular weight excluding hydrogens is 274 g/mol. The summed E-state index contributed by atoms with van der Waals surface area (Å²) in [6, 6.07) is -0.844. The molecule has 6 N–H and O–H groups in total. The highest BCUT2D eigenvalue weighted by atomic mass is 16.5. The highest BCUT2D eigenvalue weighted by Gasteiger charge is 2.15. The number of nitrogens with two attached hydrogens (primary N) is 2. The van der Waals surface area contributed by atoms with Crippen molar-refractivity contribution in [1.29, 1.82) is 5.53 Å². The molecule has 1 unspecified atom stereocenters. The number of rotatable bonds is 10. The van der Waals surface area contributed by atoms with Crippen molar-refractivity contribution in [3.8, 4) is 0 Å². The van der Waals surface area contributed by atoms with E-state index in [1.54, 1.807) is 0 Å². The van der Waals surface area contributed by atoms with Gasteiger partial charge >= 0.3 is 6.09 Å². The molecule has 1 atom stereocenters. The van der Waals surface area contributed by atoms with Crippen LogP contribution in [0.25, 0.3) is 0 Å². The first-order chi connectivity index (χ1) is 10.0. The zero-order chi connectivity index (χ0) is 16.1. The van der Waals surface area contributed by atoms with E-state index in [0.717, 1.165) is 38.0 Å². The Balaban J connectivity index is 4.42. The van der Waals surface area contributed by atoms with Crippen LogP contribution in [-0.2, 0) is 9.53 Å². The third kappa shape index (κ3) is 9.20. The Morgan fingerprint density at radius 1 is 1.38 bits per heavy atom. The molecule has 0 bridgehead atoms. The molecule has 0 aliphatic heterocycles. The number of unbranched alkanes of at least 4 members (excludes halogenated alkanes) is 3. The lowest BCUT2D eigenvalue weighted by molar-refractivity contribution is -0.113. The number of nitrogens with one attached hydrogen (secondary N) is 2. The zero-order valence-corrected chi connectivity index (χ0v) is 12.2. The van der Waals surface area contributed by atoms with Crippen LogP contribution in [0.1, 0.15) is 32.6 Å². The minimum Gasteiger partial charge on any atom is -0.450 e. The molecule has 0 saturated carbocycles. The predicted molar refractivity (Wildman–Crippen MR) is 78.2 cm³/mol. The average Bonchev–Trinajstić information content (AvgIpc) is 2.45. The minimum atomic E-state index is -0.844. The van der Waals surface area contributed by atoms with Gasteiger partial charge in [-0.2, -0.15) is 5.11 Å². The monoisotopic (exact) mass is 297 g/mol. The lowest BCUT2D eigenvalue weighted by Crippen LogP contribution is -2.35. The highest BCUT2D eigenvalue weighted by molar-refractivity contribution is 5.86. The van der Waals surface area contributed by atoms with Crippen molar-refractivity contribution in [2.75, 3.05) is 6.61 Å². The summed E-state index contributed by atoms with van der Waals surface area (Å²) in [5, 5.41) is 5.62. The fraction of sp³-hybridized carbons (Fsp3) is 0.538. The van der Waals surface area contributed by atoms with E-state index in [2.05, 4.69) is 17.4 Å². The summed E-state index contributed by atoms with van der Waals surface area (Å²) in [4.78, 5) is 22.3. The molecule has 0 fully saturated rings. The predicted octanol–water partition coefficient (Wildman–Crippen LogP) is 1.53. The smallest absolute Gasteiger partial charge is 0.407 e. The van der Waals surface area contributed by atoms with Gasteiger partial charge in [0.05, 0.1) is 12.6 Å². The molecule has 0 radical (unpaired) electrons. The number of nitrogens with zero attached hydrogens (tertiary/aromatic N) is 1. The number of ether oxygens (including phenoxy) is 1. The van der Waals surface area contributed by atoms with Gasteiger partial charge in [0.25, 0.3) is 0 Å². The van der Waals surface area contributed by atoms with E-state index in [0.29, 0.717) is 6.61 Å². The van der Waals surface area contributed by atoms with Crippen molar-refractivity contribution in [2.45, 2.75) is 38.6 Å². The molecule has 21 heavy (non-hydrogen) atoms. The molecule has 8 nitrogen and oxygen atoms in total. The number of hydrogen-bond donors (Lipinski definition) is 4. The largest absolute Gasteiger partial charge is 0.450 e. The van der Waals surface area contributed by atoms with Gasteiger partial charge in [0, 0.05) is 12.3 Å². The van der Waals surface area contributed by atoms with Crippen molar-refractivity contribution >= 4 is 12.0 Å². The van der Waals surface area contributed by atoms with Gasteiger partial charge in [-0.05, 0) is 6.42 Å². The third-order valence-corrected chi connectivity index (χ3v) is 2.58. The second-order valence-electron chi connectivity index (χ2n) is 4.28. The standard InChI is InChI=1S/C13H23N5O3/c1-2-3-4-5-8-21-13(20)17-10(6-7-12(15)19)11(9-14)18-16/h6-7,9-10,16H,2-5,8,14H2,1H3,(H2,15,19)(H,17,20)/b7-6+,11-9-,18-16?. The van der Waals surface area contributed by atoms with Gasteiger partial charge in [-0.1, -0.05) is 32.3 Å². The Morgan fingerprint density at radius 3 is 2.62 bits per heavy atom. The van der Waals surface area contributed by atoms with Crippen LogP contribution in [0.5, 0.6) is 0 Å². The quantitative estimate of drug-likeness (QED) is 0.275. The van der Waals surface area contributed by atoms with Gasteiger partial charge in [-0.25, -0.2) is 10.3 Å². The first-order valence-electron chi connectivity index (χ1n) is 6.75. The van der Waals surface area contributed by atoms with Gasteiger partial charge in [0.15, 0.2) is 0 Å². The van der Waals surface area contributed by atoms with Crippen LogP contribution in [0, 0.1) is 5.53 Å². The molecule has 0 aliphatic rings. The number of alkyl carbamates (subject to hydrolysis) is 1. The van der Waals surface area contributed by atoms with E-state index in [1.165, 1.54) is 6.08 Å². The molecule has 8 heteroatoms. The molecule has 2 amide bonds. The first kappa shape index (κ1) is 18.6. The van der Waals surface area contributed by atoms with Crippen molar-refractivity contribution in [3.63, 3.8) is 0 Å². The SMILES string of the molecule is CCCCCCOC(=O)NC(/C=C/C(N)=O)/C(=C/N)N=N. The van der Waals surface area contributed by atoms with Gasteiger partial charge in [-0.15, -0.1) is 0 Å². The van der Waals surface area contributed by atoms with Gasteiger partial charge in [0.2, 0.25) is 5.91 Å². The van der Waals surface area contributed by atoms with E-state index in [-0.39, 0.29) is 5.70 Å². The fourth-order valence-electron chi connectivity index (χ4n) is 1.48. The van der Waals surface area contributed by atoms with Crippen LogP contribution in [0.2, 0.25) is 0 Å². The van der Waals surface area contributed by atoms with Crippen molar-refractivity contribution in [1.82, 2.24) is 5.32 Å². The molecule has 118 valence electrons. The number of hydrogen-bond acceptors (Lipinski definition) is 6. The van der Waals surface area contributed by atoms with E-state index >= 15 is 0 Å². The van der Waals surface area contributed by atoms with E-state index in [9.17, 15) is 9.59 Å². The lowest BCUT2D eigenvalue weighted by atomic mass is 10.2. The van der Waals surface area contributed by atoms with Crippen molar-refractivity contribution in [2.24, 2.45) is 16.6 Å². The topological polar surface area (TPSA) is 144 Å². The molecule has 0 spiro atoms. The fourth-order valence-corrected chi connectivity index (χ4v) is 1.48. The summed E-state index contributed by atoms with van der Waals surface area (Å²) in [5.74, 6) is -0.684.